The average molecular weight is 356 g/mol. The van der Waals surface area contributed by atoms with Gasteiger partial charge in [-0.3, -0.25) is 4.79 Å². The second-order valence-electron chi connectivity index (χ2n) is 6.15. The number of aryl methyl sites for hydroxylation is 1. The summed E-state index contributed by atoms with van der Waals surface area (Å²) in [6.07, 6.45) is 0. The van der Waals surface area contributed by atoms with Gasteiger partial charge in [-0.2, -0.15) is 5.26 Å². The molecule has 1 atom stereocenters. The van der Waals surface area contributed by atoms with Gasteiger partial charge >= 0.3 is 0 Å². The molecule has 0 aliphatic rings. The van der Waals surface area contributed by atoms with Gasteiger partial charge in [0, 0.05) is 30.1 Å². The van der Waals surface area contributed by atoms with E-state index in [4.69, 9.17) is 19.5 Å². The highest BCUT2D eigenvalue weighted by Crippen LogP contribution is 2.28. The fourth-order valence-electron chi connectivity index (χ4n) is 3.13. The van der Waals surface area contributed by atoms with E-state index in [0.717, 1.165) is 11.4 Å². The molecule has 26 heavy (non-hydrogen) atoms. The molecule has 1 aromatic carbocycles. The molecule has 0 saturated heterocycles. The molecule has 0 amide bonds. The Bertz CT molecular complexity index is 833. The second-order valence-corrected chi connectivity index (χ2v) is 6.15. The number of carbonyl (C=O) groups is 1. The molecule has 0 radical (unpaired) electrons. The van der Waals surface area contributed by atoms with Crippen molar-refractivity contribution in [1.29, 1.82) is 5.26 Å². The van der Waals surface area contributed by atoms with Gasteiger partial charge in [-0.25, -0.2) is 0 Å². The van der Waals surface area contributed by atoms with Crippen LogP contribution in [0.2, 0.25) is 0 Å². The zero-order valence-corrected chi connectivity index (χ0v) is 15.8. The molecule has 0 bridgehead atoms. The van der Waals surface area contributed by atoms with Crippen molar-refractivity contribution in [2.75, 3.05) is 27.4 Å². The van der Waals surface area contributed by atoms with Crippen LogP contribution in [0.15, 0.2) is 24.3 Å². The van der Waals surface area contributed by atoms with Crippen LogP contribution >= 0.6 is 0 Å². The molecule has 1 heterocycles. The molecule has 6 nitrogen and oxygen atoms in total. The topological polar surface area (TPSA) is 73.5 Å². The zero-order valence-electron chi connectivity index (χ0n) is 15.8. The van der Waals surface area contributed by atoms with E-state index < -0.39 is 0 Å². The molecule has 0 aliphatic carbocycles. The van der Waals surface area contributed by atoms with Crippen molar-refractivity contribution >= 4 is 5.78 Å². The quantitative estimate of drug-likeness (QED) is 0.677. The summed E-state index contributed by atoms with van der Waals surface area (Å²) in [6, 6.07) is 8.90. The monoisotopic (exact) mass is 356 g/mol. The molecule has 0 saturated carbocycles. The first-order valence-corrected chi connectivity index (χ1v) is 8.34. The van der Waals surface area contributed by atoms with Gasteiger partial charge < -0.3 is 18.8 Å². The minimum Gasteiger partial charge on any atom is -0.493 e. The Hall–Kier alpha value is -2.78. The molecular weight excluding hydrogens is 332 g/mol. The number of ketones is 1. The van der Waals surface area contributed by atoms with Gasteiger partial charge in [0.2, 0.25) is 5.78 Å². The Kier molecular flexibility index (Phi) is 6.42. The lowest BCUT2D eigenvalue weighted by atomic mass is 10.1. The van der Waals surface area contributed by atoms with E-state index in [1.807, 2.05) is 26.0 Å². The first-order valence-electron chi connectivity index (χ1n) is 8.34. The van der Waals surface area contributed by atoms with Gasteiger partial charge in [0.05, 0.1) is 31.4 Å². The highest BCUT2D eigenvalue weighted by atomic mass is 16.5. The summed E-state index contributed by atoms with van der Waals surface area (Å²) in [7, 11) is 3.16. The predicted octanol–water partition coefficient (Wildman–Crippen LogP) is 3.45. The SMILES string of the molecule is COC[C@H](C)n1c(C)cc(C(=O)COc2ccc(C#N)cc2OC)c1C. The molecule has 0 N–H and O–H groups in total. The summed E-state index contributed by atoms with van der Waals surface area (Å²) in [6.45, 7) is 6.42. The Labute approximate surface area is 153 Å². The largest absolute Gasteiger partial charge is 0.493 e. The molecule has 0 spiro atoms. The maximum absolute atomic E-state index is 12.6. The van der Waals surface area contributed by atoms with Crippen molar-refractivity contribution in [3.05, 3.63) is 46.8 Å². The van der Waals surface area contributed by atoms with Gasteiger partial charge in [0.25, 0.3) is 0 Å². The van der Waals surface area contributed by atoms with E-state index in [1.165, 1.54) is 7.11 Å². The van der Waals surface area contributed by atoms with Gasteiger partial charge in [-0.1, -0.05) is 0 Å². The molecule has 2 aromatic rings. The number of benzene rings is 1. The summed E-state index contributed by atoms with van der Waals surface area (Å²) in [5.41, 5.74) is 3.01. The lowest BCUT2D eigenvalue weighted by Crippen LogP contribution is -2.16. The van der Waals surface area contributed by atoms with Crippen molar-refractivity contribution in [3.63, 3.8) is 0 Å². The standard InChI is InChI=1S/C20H24N2O4/c1-13-8-17(15(3)22(13)14(2)11-24-4)18(23)12-26-19-7-6-16(10-21)9-20(19)25-5/h6-9,14H,11-12H2,1-5H3/t14-/m0/s1. The van der Waals surface area contributed by atoms with Crippen molar-refractivity contribution < 1.29 is 19.0 Å². The number of hydrogen-bond acceptors (Lipinski definition) is 5. The third kappa shape index (κ3) is 4.06. The number of rotatable bonds is 8. The molecular formula is C20H24N2O4. The number of ether oxygens (including phenoxy) is 3. The summed E-state index contributed by atoms with van der Waals surface area (Å²) in [5.74, 6) is 0.748. The fraction of sp³-hybridized carbons (Fsp3) is 0.400. The average Bonchev–Trinajstić information content (AvgIpc) is 2.94. The zero-order chi connectivity index (χ0) is 19.3. The molecule has 0 fully saturated rings. The van der Waals surface area contributed by atoms with Crippen LogP contribution in [0.1, 0.15) is 40.3 Å². The van der Waals surface area contributed by atoms with E-state index in [-0.39, 0.29) is 18.4 Å². The van der Waals surface area contributed by atoms with E-state index in [9.17, 15) is 4.79 Å². The molecule has 0 aliphatic heterocycles. The van der Waals surface area contributed by atoms with Crippen molar-refractivity contribution in [1.82, 2.24) is 4.57 Å². The van der Waals surface area contributed by atoms with Gasteiger partial charge in [0.15, 0.2) is 18.1 Å². The highest BCUT2D eigenvalue weighted by molar-refractivity contribution is 5.98. The molecule has 0 unspecified atom stereocenters. The van der Waals surface area contributed by atoms with Crippen LogP contribution in [-0.4, -0.2) is 37.8 Å². The van der Waals surface area contributed by atoms with Gasteiger partial charge in [-0.05, 0) is 39.0 Å². The third-order valence-electron chi connectivity index (χ3n) is 4.28. The smallest absolute Gasteiger partial charge is 0.202 e. The van der Waals surface area contributed by atoms with Crippen LogP contribution in [0.25, 0.3) is 0 Å². The number of Topliss-reactive ketones (excluding diaryl/α,β-unsaturated/α-hetero) is 1. The number of nitrogens with zero attached hydrogens (tertiary/aromatic N) is 2. The fourth-order valence-corrected chi connectivity index (χ4v) is 3.13. The summed E-state index contributed by atoms with van der Waals surface area (Å²) in [5, 5.41) is 8.95. The number of aromatic nitrogens is 1. The second kappa shape index (κ2) is 8.54. The summed E-state index contributed by atoms with van der Waals surface area (Å²) < 4.78 is 18.2. The van der Waals surface area contributed by atoms with Crippen LogP contribution in [0.3, 0.4) is 0 Å². The molecule has 6 heteroatoms. The van der Waals surface area contributed by atoms with E-state index in [0.29, 0.717) is 29.2 Å². The summed E-state index contributed by atoms with van der Waals surface area (Å²) >= 11 is 0. The Morgan fingerprint density at radius 3 is 2.58 bits per heavy atom. The number of hydrogen-bond donors (Lipinski definition) is 0. The van der Waals surface area contributed by atoms with Crippen molar-refractivity contribution in [3.8, 4) is 17.6 Å². The Morgan fingerprint density at radius 1 is 1.23 bits per heavy atom. The summed E-state index contributed by atoms with van der Waals surface area (Å²) in [4.78, 5) is 12.6. The van der Waals surface area contributed by atoms with Crippen LogP contribution in [0.5, 0.6) is 11.5 Å². The number of nitriles is 1. The minimum absolute atomic E-state index is 0.106. The van der Waals surface area contributed by atoms with Crippen molar-refractivity contribution in [2.45, 2.75) is 26.8 Å². The van der Waals surface area contributed by atoms with E-state index in [1.54, 1.807) is 25.3 Å². The number of carbonyl (C=O) groups excluding carboxylic acids is 1. The lowest BCUT2D eigenvalue weighted by molar-refractivity contribution is 0.0918. The predicted molar refractivity (Wildman–Crippen MR) is 98.0 cm³/mol. The van der Waals surface area contributed by atoms with Crippen LogP contribution in [-0.2, 0) is 4.74 Å². The molecule has 1 aromatic heterocycles. The number of methoxy groups -OCH3 is 2. The van der Waals surface area contributed by atoms with E-state index in [2.05, 4.69) is 11.5 Å². The van der Waals surface area contributed by atoms with Gasteiger partial charge in [-0.15, -0.1) is 0 Å². The van der Waals surface area contributed by atoms with Crippen LogP contribution in [0, 0.1) is 25.2 Å². The van der Waals surface area contributed by atoms with Gasteiger partial charge in [0.1, 0.15) is 0 Å². The molecule has 138 valence electrons. The third-order valence-corrected chi connectivity index (χ3v) is 4.28. The highest BCUT2D eigenvalue weighted by Gasteiger charge is 2.19. The normalized spacial score (nSPS) is 11.7. The molecule has 2 rings (SSSR count). The Balaban J connectivity index is 2.17. The van der Waals surface area contributed by atoms with Crippen LogP contribution < -0.4 is 9.47 Å². The van der Waals surface area contributed by atoms with Crippen LogP contribution in [0.4, 0.5) is 0 Å². The maximum atomic E-state index is 12.6. The van der Waals surface area contributed by atoms with E-state index >= 15 is 0 Å². The maximum Gasteiger partial charge on any atom is 0.202 e. The lowest BCUT2D eigenvalue weighted by Gasteiger charge is -2.17. The minimum atomic E-state index is -0.111. The Morgan fingerprint density at radius 2 is 1.96 bits per heavy atom. The van der Waals surface area contributed by atoms with Crippen molar-refractivity contribution in [2.24, 2.45) is 0 Å². The first kappa shape index (κ1) is 19.5. The first-order chi connectivity index (χ1) is 12.4.